The first kappa shape index (κ1) is 17.9. The van der Waals surface area contributed by atoms with Gasteiger partial charge in [-0.3, -0.25) is 0 Å². The van der Waals surface area contributed by atoms with Gasteiger partial charge in [-0.15, -0.1) is 0 Å². The van der Waals surface area contributed by atoms with E-state index in [0.717, 1.165) is 17.7 Å². The van der Waals surface area contributed by atoms with Gasteiger partial charge in [-0.1, -0.05) is 41.9 Å². The van der Waals surface area contributed by atoms with Gasteiger partial charge in [-0.25, -0.2) is 12.8 Å². The van der Waals surface area contributed by atoms with Gasteiger partial charge in [0.2, 0.25) is 10.0 Å². The Morgan fingerprint density at radius 3 is 2.39 bits per heavy atom. The topological polar surface area (TPSA) is 63.4 Å². The van der Waals surface area contributed by atoms with E-state index in [1.165, 1.54) is 10.4 Å². The van der Waals surface area contributed by atoms with Gasteiger partial charge in [0, 0.05) is 24.7 Å². The molecule has 0 unspecified atom stereocenters. The number of sulfonamides is 1. The average molecular weight is 357 g/mol. The molecule has 0 amide bonds. The Bertz CT molecular complexity index is 734. The highest BCUT2D eigenvalue weighted by Gasteiger charge is 2.24. The van der Waals surface area contributed by atoms with Crippen LogP contribution in [0.3, 0.4) is 0 Å². The lowest BCUT2D eigenvalue weighted by atomic mass is 10.1. The maximum Gasteiger partial charge on any atom is 0.243 e. The van der Waals surface area contributed by atoms with Crippen molar-refractivity contribution in [2.45, 2.75) is 11.3 Å². The quantitative estimate of drug-likeness (QED) is 0.829. The molecule has 2 rings (SSSR count). The second kappa shape index (κ2) is 7.88. The Balaban J connectivity index is 2.24. The minimum atomic E-state index is -3.85. The van der Waals surface area contributed by atoms with E-state index in [4.69, 9.17) is 17.3 Å². The first-order valence-corrected chi connectivity index (χ1v) is 8.95. The molecule has 0 aliphatic carbocycles. The molecule has 0 heterocycles. The minimum Gasteiger partial charge on any atom is -0.329 e. The van der Waals surface area contributed by atoms with Crippen LogP contribution in [0.15, 0.2) is 53.4 Å². The van der Waals surface area contributed by atoms with Crippen molar-refractivity contribution < 1.29 is 12.8 Å². The fourth-order valence-electron chi connectivity index (χ4n) is 2.22. The van der Waals surface area contributed by atoms with E-state index in [1.807, 2.05) is 30.3 Å². The molecule has 0 radical (unpaired) electrons. The molecule has 23 heavy (non-hydrogen) atoms. The number of halogens is 2. The molecule has 2 aromatic carbocycles. The van der Waals surface area contributed by atoms with Crippen LogP contribution in [0, 0.1) is 5.82 Å². The summed E-state index contributed by atoms with van der Waals surface area (Å²) in [6, 6.07) is 12.8. The van der Waals surface area contributed by atoms with Crippen LogP contribution in [0.2, 0.25) is 5.02 Å². The molecule has 0 aliphatic heterocycles. The molecular formula is C16H18ClFN2O2S. The summed E-state index contributed by atoms with van der Waals surface area (Å²) in [7, 11) is -3.85. The summed E-state index contributed by atoms with van der Waals surface area (Å²) in [6.07, 6.45) is 0.545. The number of nitrogens with two attached hydrogens (primary N) is 1. The van der Waals surface area contributed by atoms with Crippen LogP contribution in [0.1, 0.15) is 5.56 Å². The third kappa shape index (κ3) is 4.75. The van der Waals surface area contributed by atoms with Crippen molar-refractivity contribution in [1.29, 1.82) is 0 Å². The minimum absolute atomic E-state index is 0.0410. The Kier molecular flexibility index (Phi) is 6.12. The monoisotopic (exact) mass is 356 g/mol. The summed E-state index contributed by atoms with van der Waals surface area (Å²) in [4.78, 5) is -0.163. The fourth-order valence-corrected chi connectivity index (χ4v) is 4.02. The number of hydrogen-bond acceptors (Lipinski definition) is 3. The summed E-state index contributed by atoms with van der Waals surface area (Å²) < 4.78 is 40.1. The molecule has 0 saturated carbocycles. The van der Waals surface area contributed by atoms with Crippen molar-refractivity contribution in [2.75, 3.05) is 19.6 Å². The molecule has 0 aliphatic rings. The molecule has 0 aromatic heterocycles. The summed E-state index contributed by atoms with van der Waals surface area (Å²) in [5, 5.41) is 0.0410. The predicted molar refractivity (Wildman–Crippen MR) is 89.4 cm³/mol. The SMILES string of the molecule is NCCN(CCc1ccccc1)S(=O)(=O)c1cc(F)cc(Cl)c1. The molecule has 0 atom stereocenters. The zero-order valence-electron chi connectivity index (χ0n) is 12.5. The van der Waals surface area contributed by atoms with E-state index in [2.05, 4.69) is 0 Å². The standard InChI is InChI=1S/C16H18ClFN2O2S/c17-14-10-15(18)12-16(11-14)23(21,22)20(9-7-19)8-6-13-4-2-1-3-5-13/h1-5,10-12H,6-9,19H2. The summed E-state index contributed by atoms with van der Waals surface area (Å²) in [6.45, 7) is 0.595. The number of rotatable bonds is 7. The van der Waals surface area contributed by atoms with Crippen LogP contribution < -0.4 is 5.73 Å². The molecule has 4 nitrogen and oxygen atoms in total. The van der Waals surface area contributed by atoms with Crippen LogP contribution in [-0.2, 0) is 16.4 Å². The molecule has 0 bridgehead atoms. The zero-order chi connectivity index (χ0) is 16.9. The number of hydrogen-bond donors (Lipinski definition) is 1. The molecule has 0 saturated heterocycles. The lowest BCUT2D eigenvalue weighted by Crippen LogP contribution is -2.37. The Labute approximate surface area is 140 Å². The largest absolute Gasteiger partial charge is 0.329 e. The first-order valence-electron chi connectivity index (χ1n) is 7.13. The lowest BCUT2D eigenvalue weighted by Gasteiger charge is -2.21. The van der Waals surface area contributed by atoms with Gasteiger partial charge in [0.05, 0.1) is 4.90 Å². The molecule has 0 fully saturated rings. The van der Waals surface area contributed by atoms with Crippen molar-refractivity contribution in [3.05, 3.63) is 64.9 Å². The predicted octanol–water partition coefficient (Wildman–Crippen LogP) is 2.67. The van der Waals surface area contributed by atoms with Gasteiger partial charge in [0.25, 0.3) is 0 Å². The first-order chi connectivity index (χ1) is 10.9. The highest BCUT2D eigenvalue weighted by molar-refractivity contribution is 7.89. The zero-order valence-corrected chi connectivity index (χ0v) is 14.0. The second-order valence-corrected chi connectivity index (χ2v) is 7.41. The third-order valence-corrected chi connectivity index (χ3v) is 5.44. The van der Waals surface area contributed by atoms with E-state index in [-0.39, 0.29) is 29.6 Å². The van der Waals surface area contributed by atoms with E-state index < -0.39 is 15.8 Å². The van der Waals surface area contributed by atoms with Crippen LogP contribution in [0.25, 0.3) is 0 Å². The van der Waals surface area contributed by atoms with Crippen molar-refractivity contribution in [3.63, 3.8) is 0 Å². The Hall–Kier alpha value is -1.47. The number of benzene rings is 2. The molecule has 124 valence electrons. The average Bonchev–Trinajstić information content (AvgIpc) is 2.51. The van der Waals surface area contributed by atoms with E-state index in [9.17, 15) is 12.8 Å². The maximum absolute atomic E-state index is 13.5. The molecule has 2 aromatic rings. The van der Waals surface area contributed by atoms with E-state index in [0.29, 0.717) is 6.42 Å². The smallest absolute Gasteiger partial charge is 0.243 e. The lowest BCUT2D eigenvalue weighted by molar-refractivity contribution is 0.421. The third-order valence-electron chi connectivity index (χ3n) is 3.35. The highest BCUT2D eigenvalue weighted by atomic mass is 35.5. The molecular weight excluding hydrogens is 339 g/mol. The van der Waals surface area contributed by atoms with Crippen molar-refractivity contribution >= 4 is 21.6 Å². The van der Waals surface area contributed by atoms with Gasteiger partial charge < -0.3 is 5.73 Å². The van der Waals surface area contributed by atoms with Gasteiger partial charge in [-0.2, -0.15) is 4.31 Å². The molecule has 7 heteroatoms. The van der Waals surface area contributed by atoms with E-state index >= 15 is 0 Å². The van der Waals surface area contributed by atoms with Crippen LogP contribution in [0.5, 0.6) is 0 Å². The van der Waals surface area contributed by atoms with Gasteiger partial charge in [0.15, 0.2) is 0 Å². The van der Waals surface area contributed by atoms with E-state index in [1.54, 1.807) is 0 Å². The Morgan fingerprint density at radius 2 is 1.78 bits per heavy atom. The molecule has 2 N–H and O–H groups in total. The fraction of sp³-hybridized carbons (Fsp3) is 0.250. The summed E-state index contributed by atoms with van der Waals surface area (Å²) in [5.74, 6) is -0.688. The van der Waals surface area contributed by atoms with Gasteiger partial charge in [-0.05, 0) is 30.2 Å². The van der Waals surface area contributed by atoms with Crippen molar-refractivity contribution in [3.8, 4) is 0 Å². The van der Waals surface area contributed by atoms with Gasteiger partial charge >= 0.3 is 0 Å². The Morgan fingerprint density at radius 1 is 1.09 bits per heavy atom. The van der Waals surface area contributed by atoms with Crippen LogP contribution >= 0.6 is 11.6 Å². The second-order valence-electron chi connectivity index (χ2n) is 5.03. The van der Waals surface area contributed by atoms with Crippen molar-refractivity contribution in [2.24, 2.45) is 5.73 Å². The number of nitrogens with zero attached hydrogens (tertiary/aromatic N) is 1. The highest BCUT2D eigenvalue weighted by Crippen LogP contribution is 2.21. The summed E-state index contributed by atoms with van der Waals surface area (Å²) >= 11 is 5.76. The van der Waals surface area contributed by atoms with Gasteiger partial charge in [0.1, 0.15) is 5.82 Å². The molecule has 0 spiro atoms. The maximum atomic E-state index is 13.5. The van der Waals surface area contributed by atoms with Crippen LogP contribution in [-0.4, -0.2) is 32.4 Å². The normalized spacial score (nSPS) is 11.8. The van der Waals surface area contributed by atoms with Crippen LogP contribution in [0.4, 0.5) is 4.39 Å². The summed E-state index contributed by atoms with van der Waals surface area (Å²) in [5.41, 5.74) is 6.54. The van der Waals surface area contributed by atoms with Crippen molar-refractivity contribution in [1.82, 2.24) is 4.31 Å².